The highest BCUT2D eigenvalue weighted by atomic mass is 16.1. The van der Waals surface area contributed by atoms with Crippen LogP contribution >= 0.6 is 0 Å². The Morgan fingerprint density at radius 1 is 1.53 bits per heavy atom. The molecule has 2 aromatic heterocycles. The van der Waals surface area contributed by atoms with Crippen LogP contribution < -0.4 is 5.73 Å². The number of fused-ring (bicyclic) bond motifs is 1. The number of carbonyl (C=O) groups is 1. The van der Waals surface area contributed by atoms with Gasteiger partial charge >= 0.3 is 0 Å². The van der Waals surface area contributed by atoms with E-state index in [9.17, 15) is 4.79 Å². The molecular weight excluding hydrogens is 192 g/mol. The third-order valence-electron chi connectivity index (χ3n) is 1.77. The van der Waals surface area contributed by atoms with Gasteiger partial charge in [0.05, 0.1) is 12.6 Å². The number of nitrogens with two attached hydrogens (primary N) is 1. The molecule has 0 aromatic carbocycles. The lowest BCUT2D eigenvalue weighted by atomic mass is 10.4. The first kappa shape index (κ1) is 9.21. The molecule has 0 aliphatic carbocycles. The van der Waals surface area contributed by atoms with Crippen molar-refractivity contribution in [2.24, 2.45) is 5.73 Å². The number of hydrogen-bond donors (Lipinski definition) is 1. The van der Waals surface area contributed by atoms with Crippen LogP contribution in [0.3, 0.4) is 0 Å². The fourth-order valence-electron chi connectivity index (χ4n) is 1.14. The molecule has 15 heavy (non-hydrogen) atoms. The SMILES string of the molecule is NC(=O)CC#Cc1cnc2ncccn12. The maximum atomic E-state index is 10.5. The van der Waals surface area contributed by atoms with E-state index in [-0.39, 0.29) is 6.42 Å². The highest BCUT2D eigenvalue weighted by Gasteiger charge is 1.98. The summed E-state index contributed by atoms with van der Waals surface area (Å²) < 4.78 is 1.74. The predicted molar refractivity (Wildman–Crippen MR) is 53.7 cm³/mol. The van der Waals surface area contributed by atoms with Crippen LogP contribution in [-0.4, -0.2) is 20.3 Å². The van der Waals surface area contributed by atoms with E-state index in [1.165, 1.54) is 0 Å². The largest absolute Gasteiger partial charge is 0.369 e. The van der Waals surface area contributed by atoms with Crippen molar-refractivity contribution in [3.63, 3.8) is 0 Å². The zero-order valence-electron chi connectivity index (χ0n) is 7.84. The summed E-state index contributed by atoms with van der Waals surface area (Å²) in [6.45, 7) is 0. The molecule has 2 heterocycles. The first-order valence-electron chi connectivity index (χ1n) is 4.32. The molecule has 0 fully saturated rings. The van der Waals surface area contributed by atoms with Crippen molar-refractivity contribution in [1.29, 1.82) is 0 Å². The predicted octanol–water partition coefficient (Wildman–Crippen LogP) is -0.0438. The van der Waals surface area contributed by atoms with E-state index in [2.05, 4.69) is 21.8 Å². The summed E-state index contributed by atoms with van der Waals surface area (Å²) in [6, 6.07) is 1.79. The number of carbonyl (C=O) groups excluding carboxylic acids is 1. The molecule has 2 N–H and O–H groups in total. The standard InChI is InChI=1S/C10H8N4O/c11-9(15)4-1-3-8-7-13-10-12-5-2-6-14(8)10/h2,5-7H,4H2,(H2,11,15). The Labute approximate surface area is 85.9 Å². The number of rotatable bonds is 1. The molecule has 5 heteroatoms. The van der Waals surface area contributed by atoms with Gasteiger partial charge in [0.15, 0.2) is 0 Å². The fraction of sp³-hybridized carbons (Fsp3) is 0.100. The van der Waals surface area contributed by atoms with Gasteiger partial charge in [-0.15, -0.1) is 0 Å². The van der Waals surface area contributed by atoms with Crippen molar-refractivity contribution in [2.45, 2.75) is 6.42 Å². The van der Waals surface area contributed by atoms with E-state index >= 15 is 0 Å². The molecule has 0 saturated carbocycles. The monoisotopic (exact) mass is 200 g/mol. The summed E-state index contributed by atoms with van der Waals surface area (Å²) in [6.07, 6.45) is 5.12. The quantitative estimate of drug-likeness (QED) is 0.656. The van der Waals surface area contributed by atoms with Crippen molar-refractivity contribution < 1.29 is 4.79 Å². The third kappa shape index (κ3) is 1.94. The molecule has 0 aliphatic heterocycles. The Balaban J connectivity index is 2.35. The van der Waals surface area contributed by atoms with E-state index < -0.39 is 5.91 Å². The summed E-state index contributed by atoms with van der Waals surface area (Å²) in [5.41, 5.74) is 5.66. The molecule has 0 aliphatic rings. The second-order valence-corrected chi connectivity index (χ2v) is 2.88. The van der Waals surface area contributed by atoms with E-state index in [4.69, 9.17) is 5.73 Å². The Kier molecular flexibility index (Phi) is 2.33. The molecule has 0 bridgehead atoms. The molecule has 5 nitrogen and oxygen atoms in total. The van der Waals surface area contributed by atoms with Gasteiger partial charge in [0.2, 0.25) is 11.7 Å². The van der Waals surface area contributed by atoms with Crippen LogP contribution in [0, 0.1) is 11.8 Å². The van der Waals surface area contributed by atoms with Crippen molar-refractivity contribution in [2.75, 3.05) is 0 Å². The van der Waals surface area contributed by atoms with Crippen LogP contribution in [-0.2, 0) is 4.79 Å². The van der Waals surface area contributed by atoms with Gasteiger partial charge in [-0.3, -0.25) is 9.20 Å². The number of primary amides is 1. The minimum Gasteiger partial charge on any atom is -0.369 e. The first-order chi connectivity index (χ1) is 7.27. The lowest BCUT2D eigenvalue weighted by molar-refractivity contribution is -0.117. The number of imidazole rings is 1. The summed E-state index contributed by atoms with van der Waals surface area (Å²) >= 11 is 0. The minimum atomic E-state index is -0.436. The molecule has 0 atom stereocenters. The van der Waals surface area contributed by atoms with Crippen molar-refractivity contribution in [3.05, 3.63) is 30.4 Å². The maximum Gasteiger partial charge on any atom is 0.234 e. The minimum absolute atomic E-state index is 0.0491. The molecular formula is C10H8N4O. The average molecular weight is 200 g/mol. The lowest BCUT2D eigenvalue weighted by Crippen LogP contribution is -2.08. The Hall–Kier alpha value is -2.35. The van der Waals surface area contributed by atoms with Crippen LogP contribution in [0.5, 0.6) is 0 Å². The zero-order valence-corrected chi connectivity index (χ0v) is 7.84. The molecule has 0 saturated heterocycles. The van der Waals surface area contributed by atoms with Gasteiger partial charge in [0.1, 0.15) is 5.69 Å². The molecule has 0 radical (unpaired) electrons. The fourth-order valence-corrected chi connectivity index (χ4v) is 1.14. The Morgan fingerprint density at radius 2 is 2.40 bits per heavy atom. The van der Waals surface area contributed by atoms with Gasteiger partial charge < -0.3 is 5.73 Å². The second-order valence-electron chi connectivity index (χ2n) is 2.88. The molecule has 1 amide bonds. The van der Waals surface area contributed by atoms with Crippen LogP contribution in [0.4, 0.5) is 0 Å². The van der Waals surface area contributed by atoms with Gasteiger partial charge in [-0.2, -0.15) is 0 Å². The Morgan fingerprint density at radius 3 is 3.20 bits per heavy atom. The normalized spacial score (nSPS) is 9.60. The van der Waals surface area contributed by atoms with Crippen LogP contribution in [0.1, 0.15) is 12.1 Å². The first-order valence-corrected chi connectivity index (χ1v) is 4.32. The second kappa shape index (κ2) is 3.80. The van der Waals surface area contributed by atoms with Gasteiger partial charge in [-0.1, -0.05) is 5.92 Å². The number of aromatic nitrogens is 3. The molecule has 2 rings (SSSR count). The van der Waals surface area contributed by atoms with E-state index in [0.717, 1.165) is 0 Å². The van der Waals surface area contributed by atoms with Crippen LogP contribution in [0.15, 0.2) is 24.7 Å². The van der Waals surface area contributed by atoms with Crippen molar-refractivity contribution in [1.82, 2.24) is 14.4 Å². The maximum absolute atomic E-state index is 10.5. The van der Waals surface area contributed by atoms with E-state index in [0.29, 0.717) is 11.5 Å². The smallest absolute Gasteiger partial charge is 0.234 e. The van der Waals surface area contributed by atoms with E-state index in [1.54, 1.807) is 22.9 Å². The van der Waals surface area contributed by atoms with Crippen LogP contribution in [0.2, 0.25) is 0 Å². The Bertz CT molecular complexity index is 561. The van der Waals surface area contributed by atoms with Crippen molar-refractivity contribution >= 4 is 11.7 Å². The lowest BCUT2D eigenvalue weighted by Gasteiger charge is -1.91. The molecule has 0 unspecified atom stereocenters. The third-order valence-corrected chi connectivity index (χ3v) is 1.77. The van der Waals surface area contributed by atoms with Crippen molar-refractivity contribution in [3.8, 4) is 11.8 Å². The van der Waals surface area contributed by atoms with Gasteiger partial charge in [0.25, 0.3) is 0 Å². The number of amides is 1. The molecule has 74 valence electrons. The molecule has 2 aromatic rings. The van der Waals surface area contributed by atoms with E-state index in [1.807, 2.05) is 6.20 Å². The number of hydrogen-bond acceptors (Lipinski definition) is 3. The topological polar surface area (TPSA) is 73.3 Å². The van der Waals surface area contributed by atoms with Gasteiger partial charge in [-0.25, -0.2) is 9.97 Å². The summed E-state index contributed by atoms with van der Waals surface area (Å²) in [4.78, 5) is 18.6. The number of nitrogens with zero attached hydrogens (tertiary/aromatic N) is 3. The summed E-state index contributed by atoms with van der Waals surface area (Å²) in [5, 5.41) is 0. The highest BCUT2D eigenvalue weighted by Crippen LogP contribution is 2.01. The summed E-state index contributed by atoms with van der Waals surface area (Å²) in [7, 11) is 0. The average Bonchev–Trinajstić information content (AvgIpc) is 2.62. The zero-order chi connectivity index (χ0) is 10.7. The molecule has 0 spiro atoms. The van der Waals surface area contributed by atoms with Crippen LogP contribution in [0.25, 0.3) is 5.78 Å². The highest BCUT2D eigenvalue weighted by molar-refractivity contribution is 5.76. The van der Waals surface area contributed by atoms with Gasteiger partial charge in [0, 0.05) is 12.4 Å². The van der Waals surface area contributed by atoms with Gasteiger partial charge in [-0.05, 0) is 12.0 Å². The summed E-state index contributed by atoms with van der Waals surface area (Å²) in [5.74, 6) is 5.62.